The van der Waals surface area contributed by atoms with Gasteiger partial charge in [0.2, 0.25) is 0 Å². The number of carbonyl (C=O) groups is 1. The number of hydrogen-bond donors (Lipinski definition) is 2. The summed E-state index contributed by atoms with van der Waals surface area (Å²) in [7, 11) is 0. The van der Waals surface area contributed by atoms with E-state index in [1.807, 2.05) is 0 Å². The Morgan fingerprint density at radius 3 is 2.43 bits per heavy atom. The van der Waals surface area contributed by atoms with E-state index < -0.39 is 0 Å². The number of Topliss-reactive ketones (excluding diaryl/α,β-unsaturated/α-hetero) is 1. The summed E-state index contributed by atoms with van der Waals surface area (Å²) in [6.07, 6.45) is 0.375. The van der Waals surface area contributed by atoms with Crippen molar-refractivity contribution in [3.8, 4) is 0 Å². The maximum atomic E-state index is 10.1. The van der Waals surface area contributed by atoms with Crippen molar-refractivity contribution < 1.29 is 9.90 Å². The number of rotatable bonds is 3. The zero-order valence-electron chi connectivity index (χ0n) is 3.92. The second kappa shape index (κ2) is 4.15. The molecule has 2 nitrogen and oxygen atoms in total. The van der Waals surface area contributed by atoms with Gasteiger partial charge in [-0.25, -0.2) is 0 Å². The van der Waals surface area contributed by atoms with Gasteiger partial charge in [-0.1, -0.05) is 0 Å². The molecular formula is C4H8O2S. The van der Waals surface area contributed by atoms with E-state index in [0.717, 1.165) is 0 Å². The molecule has 0 radical (unpaired) electrons. The Kier molecular flexibility index (Phi) is 4.14. The van der Waals surface area contributed by atoms with Crippen LogP contribution in [0, 0.1) is 0 Å². The summed E-state index contributed by atoms with van der Waals surface area (Å²) in [4.78, 5) is 10.1. The molecule has 0 aromatic heterocycles. The van der Waals surface area contributed by atoms with E-state index in [1.165, 1.54) is 0 Å². The Labute approximate surface area is 47.9 Å². The van der Waals surface area contributed by atoms with E-state index in [-0.39, 0.29) is 12.4 Å². The third-order valence-corrected chi connectivity index (χ3v) is 0.791. The molecule has 0 aromatic rings. The van der Waals surface area contributed by atoms with Gasteiger partial charge < -0.3 is 5.11 Å². The van der Waals surface area contributed by atoms with Gasteiger partial charge in [0, 0.05) is 6.42 Å². The molecule has 0 saturated carbocycles. The van der Waals surface area contributed by atoms with Crippen molar-refractivity contribution in [1.29, 1.82) is 0 Å². The standard InChI is InChI=1S/C4H8O2S/c5-3-4(6)1-2-7/h5,7H,1-3H2. The summed E-state index contributed by atoms with van der Waals surface area (Å²) >= 11 is 3.78. The topological polar surface area (TPSA) is 37.3 Å². The highest BCUT2D eigenvalue weighted by molar-refractivity contribution is 7.80. The van der Waals surface area contributed by atoms with E-state index >= 15 is 0 Å². The number of hydrogen-bond acceptors (Lipinski definition) is 3. The third-order valence-electron chi connectivity index (χ3n) is 0.567. The van der Waals surface area contributed by atoms with Gasteiger partial charge in [-0.05, 0) is 5.75 Å². The SMILES string of the molecule is O=C(CO)CCS. The quantitative estimate of drug-likeness (QED) is 0.509. The molecule has 0 unspecified atom stereocenters. The van der Waals surface area contributed by atoms with Crippen LogP contribution >= 0.6 is 12.6 Å². The highest BCUT2D eigenvalue weighted by Gasteiger charge is 1.93. The fraction of sp³-hybridized carbons (Fsp3) is 0.750. The summed E-state index contributed by atoms with van der Waals surface area (Å²) in [5.74, 6) is 0.384. The zero-order valence-corrected chi connectivity index (χ0v) is 4.82. The van der Waals surface area contributed by atoms with Gasteiger partial charge >= 0.3 is 0 Å². The second-order valence-corrected chi connectivity index (χ2v) is 1.62. The average molecular weight is 120 g/mol. The molecule has 0 amide bonds. The van der Waals surface area contributed by atoms with Gasteiger partial charge in [-0.15, -0.1) is 0 Å². The van der Waals surface area contributed by atoms with Gasteiger partial charge in [0.1, 0.15) is 6.61 Å². The predicted molar refractivity (Wildman–Crippen MR) is 30.6 cm³/mol. The van der Waals surface area contributed by atoms with Crippen LogP contribution < -0.4 is 0 Å². The van der Waals surface area contributed by atoms with Gasteiger partial charge in [-0.2, -0.15) is 12.6 Å². The lowest BCUT2D eigenvalue weighted by Crippen LogP contribution is -2.02. The lowest BCUT2D eigenvalue weighted by molar-refractivity contribution is -0.121. The number of ketones is 1. The van der Waals surface area contributed by atoms with Gasteiger partial charge in [-0.3, -0.25) is 4.79 Å². The molecule has 0 aliphatic rings. The smallest absolute Gasteiger partial charge is 0.158 e. The van der Waals surface area contributed by atoms with Crippen molar-refractivity contribution in [3.05, 3.63) is 0 Å². The highest BCUT2D eigenvalue weighted by atomic mass is 32.1. The molecule has 1 N–H and O–H groups in total. The van der Waals surface area contributed by atoms with Crippen molar-refractivity contribution in [2.24, 2.45) is 0 Å². The highest BCUT2D eigenvalue weighted by Crippen LogP contribution is 1.83. The first kappa shape index (κ1) is 6.98. The maximum Gasteiger partial charge on any atom is 0.158 e. The molecule has 42 valence electrons. The van der Waals surface area contributed by atoms with Crippen LogP contribution in [0.25, 0.3) is 0 Å². The van der Waals surface area contributed by atoms with E-state index in [2.05, 4.69) is 12.6 Å². The lowest BCUT2D eigenvalue weighted by Gasteiger charge is -1.86. The molecule has 0 fully saturated rings. The Hall–Kier alpha value is -0.0200. The molecule has 0 aliphatic heterocycles. The Morgan fingerprint density at radius 2 is 2.29 bits per heavy atom. The van der Waals surface area contributed by atoms with E-state index in [9.17, 15) is 4.79 Å². The molecule has 0 aliphatic carbocycles. The van der Waals surface area contributed by atoms with Crippen LogP contribution in [-0.2, 0) is 4.79 Å². The van der Waals surface area contributed by atoms with Gasteiger partial charge in [0.25, 0.3) is 0 Å². The Bertz CT molecular complexity index is 62.7. The third kappa shape index (κ3) is 3.82. The molecule has 0 saturated heterocycles. The monoisotopic (exact) mass is 120 g/mol. The largest absolute Gasteiger partial charge is 0.389 e. The fourth-order valence-electron chi connectivity index (χ4n) is 0.204. The number of carbonyl (C=O) groups excluding carboxylic acids is 1. The second-order valence-electron chi connectivity index (χ2n) is 1.17. The molecule has 0 rings (SSSR count). The van der Waals surface area contributed by atoms with Crippen LogP contribution in [0.2, 0.25) is 0 Å². The molecule has 3 heteroatoms. The normalized spacial score (nSPS) is 8.86. The van der Waals surface area contributed by atoms with Crippen LogP contribution in [-0.4, -0.2) is 23.2 Å². The lowest BCUT2D eigenvalue weighted by atomic mass is 10.3. The summed E-state index contributed by atoms with van der Waals surface area (Å²) in [6.45, 7) is -0.347. The summed E-state index contributed by atoms with van der Waals surface area (Å²) in [6, 6.07) is 0. The van der Waals surface area contributed by atoms with Crippen molar-refractivity contribution >= 4 is 18.4 Å². The first-order chi connectivity index (χ1) is 3.31. The summed E-state index contributed by atoms with van der Waals surface area (Å²) in [5, 5.41) is 8.08. The minimum atomic E-state index is -0.347. The summed E-state index contributed by atoms with van der Waals surface area (Å²) in [5.41, 5.74) is 0. The van der Waals surface area contributed by atoms with E-state index in [0.29, 0.717) is 12.2 Å². The van der Waals surface area contributed by atoms with E-state index in [4.69, 9.17) is 5.11 Å². The van der Waals surface area contributed by atoms with Crippen LogP contribution in [0.1, 0.15) is 6.42 Å². The molecule has 0 spiro atoms. The maximum absolute atomic E-state index is 10.1. The molecular weight excluding hydrogens is 112 g/mol. The fourth-order valence-corrected chi connectivity index (χ4v) is 0.453. The molecule has 0 bridgehead atoms. The Morgan fingerprint density at radius 1 is 1.71 bits per heavy atom. The van der Waals surface area contributed by atoms with Gasteiger partial charge in [0.05, 0.1) is 0 Å². The number of aliphatic hydroxyl groups excluding tert-OH is 1. The first-order valence-electron chi connectivity index (χ1n) is 2.04. The molecule has 0 aromatic carbocycles. The average Bonchev–Trinajstić information content (AvgIpc) is 1.68. The van der Waals surface area contributed by atoms with Gasteiger partial charge in [0.15, 0.2) is 5.78 Å². The van der Waals surface area contributed by atoms with Crippen molar-refractivity contribution in [1.82, 2.24) is 0 Å². The minimum absolute atomic E-state index is 0.144. The molecule has 0 heterocycles. The summed E-state index contributed by atoms with van der Waals surface area (Å²) < 4.78 is 0. The van der Waals surface area contributed by atoms with Crippen LogP contribution in [0.15, 0.2) is 0 Å². The van der Waals surface area contributed by atoms with Crippen molar-refractivity contribution in [2.75, 3.05) is 12.4 Å². The van der Waals surface area contributed by atoms with Crippen LogP contribution in [0.5, 0.6) is 0 Å². The zero-order chi connectivity index (χ0) is 5.70. The minimum Gasteiger partial charge on any atom is -0.389 e. The van der Waals surface area contributed by atoms with Crippen LogP contribution in [0.4, 0.5) is 0 Å². The van der Waals surface area contributed by atoms with Crippen LogP contribution in [0.3, 0.4) is 0 Å². The van der Waals surface area contributed by atoms with Crippen molar-refractivity contribution in [2.45, 2.75) is 6.42 Å². The van der Waals surface area contributed by atoms with Crippen molar-refractivity contribution in [3.63, 3.8) is 0 Å². The predicted octanol–water partition coefficient (Wildman–Crippen LogP) is -0.132. The first-order valence-corrected chi connectivity index (χ1v) is 2.68. The molecule has 7 heavy (non-hydrogen) atoms. The molecule has 0 atom stereocenters. The Balaban J connectivity index is 3.00. The number of aliphatic hydroxyl groups is 1. The van der Waals surface area contributed by atoms with E-state index in [1.54, 1.807) is 0 Å². The number of thiol groups is 1.